The van der Waals surface area contributed by atoms with Crippen LogP contribution in [0.5, 0.6) is 5.75 Å². The van der Waals surface area contributed by atoms with Gasteiger partial charge in [0.2, 0.25) is 10.0 Å². The number of carbonyl (C=O) groups excluding carboxylic acids is 2. The maximum absolute atomic E-state index is 12.3. The van der Waals surface area contributed by atoms with Crippen LogP contribution < -0.4 is 25.6 Å². The topological polar surface area (TPSA) is 126 Å². The van der Waals surface area contributed by atoms with Crippen LogP contribution in [-0.2, 0) is 19.6 Å². The average Bonchev–Trinajstić information content (AvgIpc) is 2.71. The Morgan fingerprint density at radius 3 is 2.21 bits per heavy atom. The molecule has 0 spiro atoms. The molecule has 0 saturated heterocycles. The van der Waals surface area contributed by atoms with E-state index in [-0.39, 0.29) is 11.4 Å². The zero-order chi connectivity index (χ0) is 21.4. The van der Waals surface area contributed by atoms with E-state index in [1.54, 1.807) is 0 Å². The number of nitrogens with one attached hydrogen (secondary N) is 4. The van der Waals surface area contributed by atoms with Crippen molar-refractivity contribution in [2.75, 3.05) is 19.0 Å². The van der Waals surface area contributed by atoms with Crippen molar-refractivity contribution in [1.82, 2.24) is 15.6 Å². The van der Waals surface area contributed by atoms with Gasteiger partial charge in [0.05, 0.1) is 24.6 Å². The van der Waals surface area contributed by atoms with Gasteiger partial charge in [-0.05, 0) is 50.2 Å². The van der Waals surface area contributed by atoms with E-state index in [4.69, 9.17) is 4.74 Å². The predicted octanol–water partition coefficient (Wildman–Crippen LogP) is 0.930. The normalized spacial score (nSPS) is 12.0. The van der Waals surface area contributed by atoms with Gasteiger partial charge in [0.15, 0.2) is 0 Å². The number of hydrogen-bond acceptors (Lipinski definition) is 6. The summed E-state index contributed by atoms with van der Waals surface area (Å²) in [6.07, 6.45) is 0. The Balaban J connectivity index is 1.81. The summed E-state index contributed by atoms with van der Waals surface area (Å²) >= 11 is 0. The van der Waals surface area contributed by atoms with Gasteiger partial charge in [0.25, 0.3) is 11.8 Å². The molecule has 0 aliphatic carbocycles. The number of carbonyl (C=O) groups is 2. The third-order valence-corrected chi connectivity index (χ3v) is 5.48. The fraction of sp³-hybridized carbons (Fsp3) is 0.263. The Labute approximate surface area is 169 Å². The molecule has 10 heteroatoms. The highest BCUT2D eigenvalue weighted by atomic mass is 32.2. The lowest BCUT2D eigenvalue weighted by atomic mass is 10.2. The Morgan fingerprint density at radius 1 is 1.00 bits per heavy atom. The van der Waals surface area contributed by atoms with E-state index in [1.165, 1.54) is 38.3 Å². The first-order chi connectivity index (χ1) is 13.7. The highest BCUT2D eigenvalue weighted by molar-refractivity contribution is 7.89. The van der Waals surface area contributed by atoms with Gasteiger partial charge in [-0.15, -0.1) is 0 Å². The highest BCUT2D eigenvalue weighted by Gasteiger charge is 2.22. The summed E-state index contributed by atoms with van der Waals surface area (Å²) < 4.78 is 31.9. The second-order valence-corrected chi connectivity index (χ2v) is 7.99. The maximum Gasteiger partial charge on any atom is 0.257 e. The molecule has 0 saturated carbocycles. The molecule has 0 bridgehead atoms. The number of aryl methyl sites for hydroxylation is 1. The summed E-state index contributed by atoms with van der Waals surface area (Å²) in [5.74, 6) is -0.674. The van der Waals surface area contributed by atoms with Crippen molar-refractivity contribution >= 4 is 27.5 Å². The minimum absolute atomic E-state index is 0.00992. The summed E-state index contributed by atoms with van der Waals surface area (Å²) in [6.45, 7) is 3.26. The van der Waals surface area contributed by atoms with Gasteiger partial charge in [-0.2, -0.15) is 4.72 Å². The smallest absolute Gasteiger partial charge is 0.257 e. The summed E-state index contributed by atoms with van der Waals surface area (Å²) in [5.41, 5.74) is 6.29. The Bertz CT molecular complexity index is 944. The number of methoxy groups -OCH3 is 1. The predicted molar refractivity (Wildman–Crippen MR) is 109 cm³/mol. The summed E-state index contributed by atoms with van der Waals surface area (Å²) in [4.78, 5) is 23.9. The molecule has 0 aromatic heterocycles. The minimum atomic E-state index is -3.91. The van der Waals surface area contributed by atoms with Gasteiger partial charge in [0, 0.05) is 5.69 Å². The van der Waals surface area contributed by atoms with E-state index in [0.29, 0.717) is 5.75 Å². The van der Waals surface area contributed by atoms with Crippen molar-refractivity contribution in [3.63, 3.8) is 0 Å². The van der Waals surface area contributed by atoms with E-state index in [0.717, 1.165) is 11.3 Å². The molecular weight excluding hydrogens is 396 g/mol. The van der Waals surface area contributed by atoms with E-state index in [2.05, 4.69) is 20.9 Å². The largest absolute Gasteiger partial charge is 0.497 e. The Hall–Kier alpha value is -3.11. The molecule has 0 radical (unpaired) electrons. The van der Waals surface area contributed by atoms with E-state index in [1.807, 2.05) is 31.2 Å². The van der Waals surface area contributed by atoms with E-state index >= 15 is 0 Å². The van der Waals surface area contributed by atoms with Crippen LogP contribution in [0.3, 0.4) is 0 Å². The van der Waals surface area contributed by atoms with Crippen LogP contribution in [0.1, 0.15) is 12.5 Å². The molecule has 9 nitrogen and oxygen atoms in total. The van der Waals surface area contributed by atoms with Gasteiger partial charge < -0.3 is 10.1 Å². The van der Waals surface area contributed by atoms with Gasteiger partial charge in [-0.1, -0.05) is 17.7 Å². The lowest BCUT2D eigenvalue weighted by Crippen LogP contribution is -2.52. The molecule has 2 rings (SSSR count). The van der Waals surface area contributed by atoms with Crippen molar-refractivity contribution in [2.45, 2.75) is 24.8 Å². The molecule has 0 unspecified atom stereocenters. The highest BCUT2D eigenvalue weighted by Crippen LogP contribution is 2.15. The molecule has 1 atom stereocenters. The molecular formula is C19H24N4O5S. The number of ether oxygens (including phenoxy) is 1. The number of anilines is 1. The number of rotatable bonds is 8. The van der Waals surface area contributed by atoms with Gasteiger partial charge in [-0.3, -0.25) is 20.4 Å². The first kappa shape index (κ1) is 22.2. The van der Waals surface area contributed by atoms with Crippen LogP contribution in [-0.4, -0.2) is 39.9 Å². The standard InChI is InChI=1S/C19H24N4O5S/c1-13-4-6-15(7-5-13)20-12-18(24)21-22-19(25)14(2)23-29(26,27)17-10-8-16(28-3)9-11-17/h4-11,14,20,23H,12H2,1-3H3,(H,21,24)(H,22,25)/t14-/m0/s1. The van der Waals surface area contributed by atoms with Gasteiger partial charge >= 0.3 is 0 Å². The molecule has 156 valence electrons. The van der Waals surface area contributed by atoms with Gasteiger partial charge in [0.1, 0.15) is 5.75 Å². The van der Waals surface area contributed by atoms with Crippen LogP contribution in [0.15, 0.2) is 53.4 Å². The van der Waals surface area contributed by atoms with E-state index in [9.17, 15) is 18.0 Å². The number of benzene rings is 2. The molecule has 4 N–H and O–H groups in total. The minimum Gasteiger partial charge on any atom is -0.497 e. The second-order valence-electron chi connectivity index (χ2n) is 6.28. The Kier molecular flexibility index (Phi) is 7.57. The summed E-state index contributed by atoms with van der Waals surface area (Å²) in [6, 6.07) is 12.1. The lowest BCUT2D eigenvalue weighted by molar-refractivity contribution is -0.128. The van der Waals surface area contributed by atoms with Crippen LogP contribution in [0.25, 0.3) is 0 Å². The number of amides is 2. The van der Waals surface area contributed by atoms with Crippen LogP contribution >= 0.6 is 0 Å². The maximum atomic E-state index is 12.3. The van der Waals surface area contributed by atoms with Crippen LogP contribution in [0.4, 0.5) is 5.69 Å². The van der Waals surface area contributed by atoms with Crippen molar-refractivity contribution in [1.29, 1.82) is 0 Å². The molecule has 2 amide bonds. The molecule has 0 fully saturated rings. The van der Waals surface area contributed by atoms with Crippen LogP contribution in [0, 0.1) is 6.92 Å². The monoisotopic (exact) mass is 420 g/mol. The number of sulfonamides is 1. The molecule has 2 aromatic rings. The molecule has 0 aliphatic rings. The summed E-state index contributed by atoms with van der Waals surface area (Å²) in [5, 5.41) is 2.91. The molecule has 29 heavy (non-hydrogen) atoms. The zero-order valence-electron chi connectivity index (χ0n) is 16.4. The fourth-order valence-electron chi connectivity index (χ4n) is 2.25. The van der Waals surface area contributed by atoms with Gasteiger partial charge in [-0.25, -0.2) is 8.42 Å². The Morgan fingerprint density at radius 2 is 1.62 bits per heavy atom. The SMILES string of the molecule is COc1ccc(S(=O)(=O)N[C@@H](C)C(=O)NNC(=O)CNc2ccc(C)cc2)cc1. The van der Waals surface area contributed by atoms with Crippen molar-refractivity contribution in [3.05, 3.63) is 54.1 Å². The summed E-state index contributed by atoms with van der Waals surface area (Å²) in [7, 11) is -2.44. The third kappa shape index (κ3) is 6.77. The van der Waals surface area contributed by atoms with Crippen LogP contribution in [0.2, 0.25) is 0 Å². The van der Waals surface area contributed by atoms with Crippen molar-refractivity contribution in [3.8, 4) is 5.75 Å². The number of hydrazine groups is 1. The second kappa shape index (κ2) is 9.89. The van der Waals surface area contributed by atoms with Crippen molar-refractivity contribution < 1.29 is 22.7 Å². The average molecular weight is 420 g/mol. The first-order valence-corrected chi connectivity index (χ1v) is 10.2. The molecule has 0 aliphatic heterocycles. The van der Waals surface area contributed by atoms with Crippen molar-refractivity contribution in [2.24, 2.45) is 0 Å². The lowest BCUT2D eigenvalue weighted by Gasteiger charge is -2.15. The quantitative estimate of drug-likeness (QED) is 0.471. The number of hydrogen-bond donors (Lipinski definition) is 4. The fourth-order valence-corrected chi connectivity index (χ4v) is 3.45. The third-order valence-electron chi connectivity index (χ3n) is 3.92. The molecule has 0 heterocycles. The first-order valence-electron chi connectivity index (χ1n) is 8.77. The molecule has 2 aromatic carbocycles. The van der Waals surface area contributed by atoms with E-state index < -0.39 is 27.9 Å². The zero-order valence-corrected chi connectivity index (χ0v) is 17.2.